The smallest absolute Gasteiger partial charge is 0.137 e. The Morgan fingerprint density at radius 3 is 2.31 bits per heavy atom. The zero-order valence-electron chi connectivity index (χ0n) is 7.87. The van der Waals surface area contributed by atoms with E-state index in [1.165, 1.54) is 16.7 Å². The van der Waals surface area contributed by atoms with Crippen molar-refractivity contribution in [3.05, 3.63) is 47.7 Å². The van der Waals surface area contributed by atoms with Gasteiger partial charge in [0.05, 0.1) is 6.26 Å². The summed E-state index contributed by atoms with van der Waals surface area (Å²) in [4.78, 5) is 0. The van der Waals surface area contributed by atoms with Crippen LogP contribution >= 0.6 is 0 Å². The molecular weight excluding hydrogens is 160 g/mol. The minimum atomic E-state index is 0.984. The van der Waals surface area contributed by atoms with Crippen molar-refractivity contribution in [3.8, 4) is 11.3 Å². The molecule has 66 valence electrons. The first kappa shape index (κ1) is 8.11. The monoisotopic (exact) mass is 172 g/mol. The minimum absolute atomic E-state index is 0.984. The number of aryl methyl sites for hydroxylation is 2. The molecule has 0 saturated heterocycles. The van der Waals surface area contributed by atoms with Crippen molar-refractivity contribution in [1.82, 2.24) is 0 Å². The fourth-order valence-electron chi connectivity index (χ4n) is 1.48. The predicted octanol–water partition coefficient (Wildman–Crippen LogP) is 3.56. The van der Waals surface area contributed by atoms with E-state index in [-0.39, 0.29) is 0 Å². The molecule has 0 aliphatic carbocycles. The zero-order chi connectivity index (χ0) is 9.26. The van der Waals surface area contributed by atoms with Crippen LogP contribution in [-0.4, -0.2) is 0 Å². The Morgan fingerprint density at radius 1 is 0.923 bits per heavy atom. The van der Waals surface area contributed by atoms with E-state index < -0.39 is 0 Å². The zero-order valence-corrected chi connectivity index (χ0v) is 7.87. The summed E-state index contributed by atoms with van der Waals surface area (Å²) in [6, 6.07) is 10.2. The van der Waals surface area contributed by atoms with E-state index in [2.05, 4.69) is 26.0 Å². The van der Waals surface area contributed by atoms with Gasteiger partial charge >= 0.3 is 0 Å². The fourth-order valence-corrected chi connectivity index (χ4v) is 1.48. The Labute approximate surface area is 78.0 Å². The summed E-state index contributed by atoms with van der Waals surface area (Å²) in [5, 5.41) is 0. The van der Waals surface area contributed by atoms with Crippen molar-refractivity contribution in [2.75, 3.05) is 0 Å². The summed E-state index contributed by atoms with van der Waals surface area (Å²) in [7, 11) is 0. The number of rotatable bonds is 1. The minimum Gasteiger partial charge on any atom is -0.464 e. The van der Waals surface area contributed by atoms with Crippen molar-refractivity contribution in [3.63, 3.8) is 0 Å². The number of benzene rings is 1. The van der Waals surface area contributed by atoms with Gasteiger partial charge in [-0.25, -0.2) is 0 Å². The van der Waals surface area contributed by atoms with Gasteiger partial charge in [-0.2, -0.15) is 0 Å². The highest BCUT2D eigenvalue weighted by atomic mass is 16.3. The lowest BCUT2D eigenvalue weighted by molar-refractivity contribution is 0.580. The van der Waals surface area contributed by atoms with E-state index in [0.717, 1.165) is 5.76 Å². The highest BCUT2D eigenvalue weighted by Gasteiger charge is 2.06. The molecule has 0 bridgehead atoms. The molecule has 0 saturated carbocycles. The van der Waals surface area contributed by atoms with Crippen molar-refractivity contribution in [2.24, 2.45) is 0 Å². The molecule has 0 fully saturated rings. The summed E-state index contributed by atoms with van der Waals surface area (Å²) in [5.74, 6) is 0.984. The Hall–Kier alpha value is -1.50. The summed E-state index contributed by atoms with van der Waals surface area (Å²) >= 11 is 0. The van der Waals surface area contributed by atoms with Crippen LogP contribution < -0.4 is 0 Å². The summed E-state index contributed by atoms with van der Waals surface area (Å²) in [6.45, 7) is 4.16. The third-order valence-corrected chi connectivity index (χ3v) is 2.25. The average molecular weight is 172 g/mol. The van der Waals surface area contributed by atoms with E-state index in [1.807, 2.05) is 18.2 Å². The van der Waals surface area contributed by atoms with Gasteiger partial charge in [-0.3, -0.25) is 0 Å². The molecule has 2 rings (SSSR count). The Kier molecular flexibility index (Phi) is 1.93. The lowest BCUT2D eigenvalue weighted by Crippen LogP contribution is -1.81. The van der Waals surface area contributed by atoms with Crippen LogP contribution in [0.4, 0.5) is 0 Å². The highest BCUT2D eigenvalue weighted by Crippen LogP contribution is 2.26. The van der Waals surface area contributed by atoms with Gasteiger partial charge in [0.1, 0.15) is 5.76 Å². The van der Waals surface area contributed by atoms with E-state index in [4.69, 9.17) is 4.42 Å². The molecule has 0 N–H and O–H groups in total. The van der Waals surface area contributed by atoms with E-state index in [0.29, 0.717) is 0 Å². The second-order valence-electron chi connectivity index (χ2n) is 3.25. The van der Waals surface area contributed by atoms with Gasteiger partial charge in [-0.05, 0) is 31.0 Å². The van der Waals surface area contributed by atoms with Crippen molar-refractivity contribution < 1.29 is 4.42 Å². The second-order valence-corrected chi connectivity index (χ2v) is 3.25. The maximum absolute atomic E-state index is 5.43. The fraction of sp³-hybridized carbons (Fsp3) is 0.167. The molecule has 0 atom stereocenters. The summed E-state index contributed by atoms with van der Waals surface area (Å²) in [5.41, 5.74) is 3.62. The van der Waals surface area contributed by atoms with Gasteiger partial charge < -0.3 is 4.42 Å². The van der Waals surface area contributed by atoms with Crippen LogP contribution in [0, 0.1) is 13.8 Å². The van der Waals surface area contributed by atoms with Crippen LogP contribution in [0.3, 0.4) is 0 Å². The number of furan rings is 1. The maximum Gasteiger partial charge on any atom is 0.137 e. The van der Waals surface area contributed by atoms with Crippen LogP contribution in [-0.2, 0) is 0 Å². The quantitative estimate of drug-likeness (QED) is 0.641. The highest BCUT2D eigenvalue weighted by molar-refractivity contribution is 5.64. The second kappa shape index (κ2) is 3.09. The maximum atomic E-state index is 5.43. The molecular formula is C12H12O. The Morgan fingerprint density at radius 2 is 1.69 bits per heavy atom. The predicted molar refractivity (Wildman–Crippen MR) is 53.6 cm³/mol. The molecule has 1 aromatic carbocycles. The molecule has 1 aromatic heterocycles. The van der Waals surface area contributed by atoms with Gasteiger partial charge in [0.2, 0.25) is 0 Å². The SMILES string of the molecule is Cc1ccccc1-c1occc1C. The number of hydrogen-bond acceptors (Lipinski definition) is 1. The van der Waals surface area contributed by atoms with Gasteiger partial charge in [0.25, 0.3) is 0 Å². The lowest BCUT2D eigenvalue weighted by Gasteiger charge is -2.02. The Balaban J connectivity index is 2.59. The van der Waals surface area contributed by atoms with Crippen LogP contribution in [0.15, 0.2) is 41.0 Å². The average Bonchev–Trinajstić information content (AvgIpc) is 2.52. The molecule has 2 aromatic rings. The standard InChI is InChI=1S/C12H12O/c1-9-5-3-4-6-11(9)12-10(2)7-8-13-12/h3-8H,1-2H3. The molecule has 0 aliphatic rings. The normalized spacial score (nSPS) is 10.3. The number of hydrogen-bond donors (Lipinski definition) is 0. The van der Waals surface area contributed by atoms with Gasteiger partial charge in [-0.1, -0.05) is 24.3 Å². The van der Waals surface area contributed by atoms with Gasteiger partial charge in [-0.15, -0.1) is 0 Å². The molecule has 13 heavy (non-hydrogen) atoms. The molecule has 0 aliphatic heterocycles. The van der Waals surface area contributed by atoms with Crippen LogP contribution in [0.25, 0.3) is 11.3 Å². The van der Waals surface area contributed by atoms with Crippen molar-refractivity contribution in [2.45, 2.75) is 13.8 Å². The third kappa shape index (κ3) is 1.37. The van der Waals surface area contributed by atoms with Crippen LogP contribution in [0.2, 0.25) is 0 Å². The molecule has 1 heterocycles. The molecule has 0 unspecified atom stereocenters. The molecule has 0 amide bonds. The van der Waals surface area contributed by atoms with Crippen molar-refractivity contribution in [1.29, 1.82) is 0 Å². The largest absolute Gasteiger partial charge is 0.464 e. The lowest BCUT2D eigenvalue weighted by atomic mass is 10.0. The van der Waals surface area contributed by atoms with Crippen LogP contribution in [0.5, 0.6) is 0 Å². The topological polar surface area (TPSA) is 13.1 Å². The van der Waals surface area contributed by atoms with Crippen LogP contribution in [0.1, 0.15) is 11.1 Å². The van der Waals surface area contributed by atoms with E-state index in [1.54, 1.807) is 6.26 Å². The first-order chi connectivity index (χ1) is 6.29. The molecule has 1 heteroatoms. The summed E-state index contributed by atoms with van der Waals surface area (Å²) < 4.78 is 5.43. The van der Waals surface area contributed by atoms with Gasteiger partial charge in [0, 0.05) is 5.56 Å². The van der Waals surface area contributed by atoms with E-state index in [9.17, 15) is 0 Å². The first-order valence-electron chi connectivity index (χ1n) is 4.39. The van der Waals surface area contributed by atoms with Crippen molar-refractivity contribution >= 4 is 0 Å². The molecule has 0 spiro atoms. The third-order valence-electron chi connectivity index (χ3n) is 2.25. The van der Waals surface area contributed by atoms with E-state index >= 15 is 0 Å². The molecule has 1 nitrogen and oxygen atoms in total. The summed E-state index contributed by atoms with van der Waals surface area (Å²) in [6.07, 6.45) is 1.73. The molecule has 0 radical (unpaired) electrons. The Bertz CT molecular complexity index is 413. The first-order valence-corrected chi connectivity index (χ1v) is 4.39. The van der Waals surface area contributed by atoms with Gasteiger partial charge in [0.15, 0.2) is 0 Å².